The third kappa shape index (κ3) is 3.29. The monoisotopic (exact) mass is 285 g/mol. The van der Waals surface area contributed by atoms with Crippen molar-refractivity contribution in [3.05, 3.63) is 30.1 Å². The molecule has 1 aromatic heterocycles. The number of para-hydroxylation sites is 2. The van der Waals surface area contributed by atoms with Gasteiger partial charge in [0.25, 0.3) is 0 Å². The van der Waals surface area contributed by atoms with Crippen molar-refractivity contribution >= 4 is 11.0 Å². The summed E-state index contributed by atoms with van der Waals surface area (Å²) in [5, 5.41) is 3.61. The highest BCUT2D eigenvalue weighted by Crippen LogP contribution is 2.22. The van der Waals surface area contributed by atoms with Crippen LogP contribution in [0.5, 0.6) is 0 Å². The summed E-state index contributed by atoms with van der Waals surface area (Å²) in [5.41, 5.74) is 2.45. The first kappa shape index (κ1) is 14.6. The molecule has 1 saturated heterocycles. The second-order valence-corrected chi connectivity index (χ2v) is 6.46. The normalized spacial score (nSPS) is 22.8. The zero-order chi connectivity index (χ0) is 14.7. The molecule has 1 aliphatic rings. The van der Waals surface area contributed by atoms with E-state index in [9.17, 15) is 0 Å². The lowest BCUT2D eigenvalue weighted by Gasteiger charge is -2.27. The minimum atomic E-state index is 0.700. The zero-order valence-electron chi connectivity index (χ0n) is 13.3. The maximum atomic E-state index is 4.87. The summed E-state index contributed by atoms with van der Waals surface area (Å²) in [4.78, 5) is 4.87. The molecule has 0 spiro atoms. The fraction of sp³-hybridized carbons (Fsp3) is 0.611. The van der Waals surface area contributed by atoms with Gasteiger partial charge < -0.3 is 9.88 Å². The van der Waals surface area contributed by atoms with Crippen LogP contribution in [-0.2, 0) is 13.0 Å². The van der Waals surface area contributed by atoms with Gasteiger partial charge in [0.15, 0.2) is 0 Å². The Kier molecular flexibility index (Phi) is 4.59. The van der Waals surface area contributed by atoms with Crippen LogP contribution in [0.2, 0.25) is 0 Å². The number of aryl methyl sites for hydroxylation is 2. The number of imidazole rings is 1. The van der Waals surface area contributed by atoms with Crippen molar-refractivity contribution in [1.82, 2.24) is 14.9 Å². The van der Waals surface area contributed by atoms with E-state index in [4.69, 9.17) is 4.98 Å². The standard InChI is InChI=1S/C18H27N3/c1-3-12-21-17-7-5-4-6-16(17)20-18(21)11-10-15-9-8-14(2)19-13-15/h4-7,14-15,19H,3,8-13H2,1-2H3. The molecule has 3 rings (SSSR count). The van der Waals surface area contributed by atoms with Crippen molar-refractivity contribution in [3.63, 3.8) is 0 Å². The van der Waals surface area contributed by atoms with E-state index >= 15 is 0 Å². The van der Waals surface area contributed by atoms with Gasteiger partial charge in [0.2, 0.25) is 0 Å². The van der Waals surface area contributed by atoms with Gasteiger partial charge in [-0.1, -0.05) is 19.1 Å². The Labute approximate surface area is 127 Å². The summed E-state index contributed by atoms with van der Waals surface area (Å²) in [6, 6.07) is 9.24. The van der Waals surface area contributed by atoms with Crippen LogP contribution in [-0.4, -0.2) is 22.1 Å². The van der Waals surface area contributed by atoms with E-state index in [-0.39, 0.29) is 0 Å². The zero-order valence-corrected chi connectivity index (χ0v) is 13.3. The highest BCUT2D eigenvalue weighted by molar-refractivity contribution is 5.75. The number of nitrogens with zero attached hydrogens (tertiary/aromatic N) is 2. The molecule has 0 amide bonds. The number of piperidine rings is 1. The van der Waals surface area contributed by atoms with Gasteiger partial charge in [0.05, 0.1) is 11.0 Å². The van der Waals surface area contributed by atoms with Gasteiger partial charge in [-0.15, -0.1) is 0 Å². The average molecular weight is 285 g/mol. The van der Waals surface area contributed by atoms with E-state index in [0.29, 0.717) is 6.04 Å². The first-order valence-corrected chi connectivity index (χ1v) is 8.45. The molecule has 2 heterocycles. The topological polar surface area (TPSA) is 29.9 Å². The van der Waals surface area contributed by atoms with E-state index in [0.717, 1.165) is 30.8 Å². The van der Waals surface area contributed by atoms with Gasteiger partial charge in [-0.25, -0.2) is 4.98 Å². The van der Waals surface area contributed by atoms with E-state index in [1.54, 1.807) is 0 Å². The van der Waals surface area contributed by atoms with Crippen LogP contribution in [0, 0.1) is 5.92 Å². The quantitative estimate of drug-likeness (QED) is 0.906. The molecule has 2 atom stereocenters. The Bertz CT molecular complexity index is 579. The smallest absolute Gasteiger partial charge is 0.109 e. The number of hydrogen-bond acceptors (Lipinski definition) is 2. The molecule has 3 nitrogen and oxygen atoms in total. The van der Waals surface area contributed by atoms with E-state index in [1.807, 2.05) is 0 Å². The van der Waals surface area contributed by atoms with Crippen LogP contribution < -0.4 is 5.32 Å². The molecule has 3 heteroatoms. The van der Waals surface area contributed by atoms with Crippen molar-refractivity contribution in [2.45, 2.75) is 58.5 Å². The van der Waals surface area contributed by atoms with E-state index < -0.39 is 0 Å². The molecule has 0 saturated carbocycles. The Balaban J connectivity index is 1.72. The molecule has 2 unspecified atom stereocenters. The van der Waals surface area contributed by atoms with Gasteiger partial charge in [0, 0.05) is 19.0 Å². The number of hydrogen-bond donors (Lipinski definition) is 1. The molecule has 0 bridgehead atoms. The summed E-state index contributed by atoms with van der Waals surface area (Å²) in [7, 11) is 0. The number of rotatable bonds is 5. The maximum Gasteiger partial charge on any atom is 0.109 e. The molecular weight excluding hydrogens is 258 g/mol. The fourth-order valence-electron chi connectivity index (χ4n) is 3.43. The molecule has 21 heavy (non-hydrogen) atoms. The van der Waals surface area contributed by atoms with Crippen LogP contribution in [0.25, 0.3) is 11.0 Å². The molecule has 0 radical (unpaired) electrons. The molecule has 0 aliphatic carbocycles. The summed E-state index contributed by atoms with van der Waals surface area (Å²) in [5.74, 6) is 2.09. The second kappa shape index (κ2) is 6.61. The van der Waals surface area contributed by atoms with Crippen LogP contribution in [0.1, 0.15) is 45.4 Å². The van der Waals surface area contributed by atoms with Crippen molar-refractivity contribution in [2.24, 2.45) is 5.92 Å². The minimum absolute atomic E-state index is 0.700. The van der Waals surface area contributed by atoms with Crippen LogP contribution in [0.15, 0.2) is 24.3 Å². The molecular formula is C18H27N3. The Morgan fingerprint density at radius 2 is 2.14 bits per heavy atom. The third-order valence-electron chi connectivity index (χ3n) is 4.72. The van der Waals surface area contributed by atoms with Crippen LogP contribution in [0.4, 0.5) is 0 Å². The van der Waals surface area contributed by atoms with Gasteiger partial charge in [-0.2, -0.15) is 0 Å². The Hall–Kier alpha value is -1.35. The van der Waals surface area contributed by atoms with Crippen molar-refractivity contribution in [2.75, 3.05) is 6.54 Å². The lowest BCUT2D eigenvalue weighted by Crippen LogP contribution is -2.37. The number of fused-ring (bicyclic) bond motifs is 1. The summed E-state index contributed by atoms with van der Waals surface area (Å²) in [6.45, 7) is 6.78. The molecule has 1 aromatic carbocycles. The van der Waals surface area contributed by atoms with E-state index in [2.05, 4.69) is 48.0 Å². The third-order valence-corrected chi connectivity index (χ3v) is 4.72. The minimum Gasteiger partial charge on any atom is -0.328 e. The van der Waals surface area contributed by atoms with Gasteiger partial charge in [0.1, 0.15) is 5.82 Å². The lowest BCUT2D eigenvalue weighted by molar-refractivity contribution is 0.307. The Morgan fingerprint density at radius 3 is 2.90 bits per heavy atom. The van der Waals surface area contributed by atoms with Crippen LogP contribution in [0.3, 0.4) is 0 Å². The largest absolute Gasteiger partial charge is 0.328 e. The predicted molar refractivity (Wildman–Crippen MR) is 88.5 cm³/mol. The number of aromatic nitrogens is 2. The Morgan fingerprint density at radius 1 is 1.29 bits per heavy atom. The highest BCUT2D eigenvalue weighted by Gasteiger charge is 2.18. The van der Waals surface area contributed by atoms with Crippen molar-refractivity contribution < 1.29 is 0 Å². The van der Waals surface area contributed by atoms with Gasteiger partial charge >= 0.3 is 0 Å². The average Bonchev–Trinajstić information content (AvgIpc) is 2.85. The molecule has 114 valence electrons. The van der Waals surface area contributed by atoms with Crippen LogP contribution >= 0.6 is 0 Å². The van der Waals surface area contributed by atoms with Crippen molar-refractivity contribution in [1.29, 1.82) is 0 Å². The summed E-state index contributed by atoms with van der Waals surface area (Å²) >= 11 is 0. The molecule has 1 fully saturated rings. The second-order valence-electron chi connectivity index (χ2n) is 6.46. The van der Waals surface area contributed by atoms with Gasteiger partial charge in [-0.05, 0) is 57.2 Å². The van der Waals surface area contributed by atoms with E-state index in [1.165, 1.54) is 37.1 Å². The number of nitrogens with one attached hydrogen (secondary N) is 1. The fourth-order valence-corrected chi connectivity index (χ4v) is 3.43. The van der Waals surface area contributed by atoms with Crippen molar-refractivity contribution in [3.8, 4) is 0 Å². The molecule has 1 N–H and O–H groups in total. The first-order valence-electron chi connectivity index (χ1n) is 8.45. The maximum absolute atomic E-state index is 4.87. The van der Waals surface area contributed by atoms with Gasteiger partial charge in [-0.3, -0.25) is 0 Å². The predicted octanol–water partition coefficient (Wildman–Crippen LogP) is 3.77. The molecule has 1 aliphatic heterocycles. The summed E-state index contributed by atoms with van der Waals surface area (Å²) in [6.07, 6.45) is 6.20. The molecule has 2 aromatic rings. The lowest BCUT2D eigenvalue weighted by atomic mass is 9.91. The number of benzene rings is 1. The SMILES string of the molecule is CCCn1c(CCC2CCC(C)NC2)nc2ccccc21. The highest BCUT2D eigenvalue weighted by atomic mass is 15.1. The summed E-state index contributed by atoms with van der Waals surface area (Å²) < 4.78 is 2.42. The first-order chi connectivity index (χ1) is 10.3.